The predicted octanol–water partition coefficient (Wildman–Crippen LogP) is 4.29. The van der Waals surface area contributed by atoms with E-state index >= 15 is 0 Å². The number of thioether (sulfide) groups is 1. The molecule has 45 heavy (non-hydrogen) atoms. The third-order valence-corrected chi connectivity index (χ3v) is 11.5. The summed E-state index contributed by atoms with van der Waals surface area (Å²) in [6.07, 6.45) is 3.35. The number of ether oxygens (including phenoxy) is 1. The van der Waals surface area contributed by atoms with E-state index in [2.05, 4.69) is 22.1 Å². The van der Waals surface area contributed by atoms with Crippen molar-refractivity contribution in [1.29, 1.82) is 0 Å². The van der Waals surface area contributed by atoms with Gasteiger partial charge in [-0.25, -0.2) is 4.39 Å². The normalized spacial score (nSPS) is 21.0. The number of thiazole rings is 1. The number of aliphatic hydroxyl groups is 1. The van der Waals surface area contributed by atoms with Gasteiger partial charge in [-0.1, -0.05) is 36.5 Å². The number of aromatic nitrogens is 1. The van der Waals surface area contributed by atoms with Crippen molar-refractivity contribution < 1.29 is 24.1 Å². The number of carbonyl (C=O) groups is 1. The number of carbonyl (C=O) groups excluding carboxylic acids is 1. The van der Waals surface area contributed by atoms with Gasteiger partial charge in [0, 0.05) is 54.7 Å². The van der Waals surface area contributed by atoms with Crippen LogP contribution >= 0.6 is 23.1 Å². The van der Waals surface area contributed by atoms with Crippen LogP contribution < -0.4 is 10.2 Å². The zero-order valence-electron chi connectivity index (χ0n) is 25.5. The monoisotopic (exact) mass is 656 g/mol. The van der Waals surface area contributed by atoms with Crippen molar-refractivity contribution in [3.63, 3.8) is 0 Å². The minimum absolute atomic E-state index is 0.0223. The standard InChI is InChI=1S/C33H41FN4O5S2/c1-2-24-16-23(19-44-24)31(41)38-13-14-43-33(20-38)8-11-37(12-9-33)18-22-15-21(3-5-26(22)34)7-10-35-17-28(40)25-4-6-27(39)29-30(25)45-32(42)36-29/h3-6,15,19,24,28,35,39-40H,2,7-14,16-18,20H2,1H3,(H,36,42)/t24?,28-/m0/s1. The average Bonchev–Trinajstić information content (AvgIpc) is 3.69. The molecule has 0 radical (unpaired) electrons. The molecule has 9 nitrogen and oxygen atoms in total. The largest absolute Gasteiger partial charge is 0.506 e. The lowest BCUT2D eigenvalue weighted by molar-refractivity contribution is -0.156. The summed E-state index contributed by atoms with van der Waals surface area (Å²) in [7, 11) is 0. The number of halogens is 1. The number of aromatic hydroxyl groups is 1. The molecule has 242 valence electrons. The molecule has 1 aromatic heterocycles. The molecule has 0 aliphatic carbocycles. The van der Waals surface area contributed by atoms with Crippen molar-refractivity contribution in [3.8, 4) is 5.75 Å². The number of nitrogens with zero attached hydrogens (tertiary/aromatic N) is 2. The lowest BCUT2D eigenvalue weighted by Gasteiger charge is -2.47. The number of phenols is 1. The molecule has 1 unspecified atom stereocenters. The second-order valence-electron chi connectivity index (χ2n) is 12.3. The molecule has 2 aromatic carbocycles. The molecule has 2 saturated heterocycles. The SMILES string of the molecule is CCC1CC(C(=O)N2CCOC3(CCN(Cc4cc(CCNC[C@H](O)c5ccc(O)c6[nH]c(=O)sc56)ccc4F)CC3)C2)=CS1. The number of aromatic amines is 1. The molecule has 0 saturated carbocycles. The minimum Gasteiger partial charge on any atom is -0.506 e. The van der Waals surface area contributed by atoms with Gasteiger partial charge in [-0.3, -0.25) is 14.5 Å². The van der Waals surface area contributed by atoms with Gasteiger partial charge in [0.05, 0.1) is 29.6 Å². The van der Waals surface area contributed by atoms with E-state index in [-0.39, 0.29) is 34.5 Å². The van der Waals surface area contributed by atoms with Gasteiger partial charge >= 0.3 is 4.87 Å². The van der Waals surface area contributed by atoms with Gasteiger partial charge in [-0.2, -0.15) is 0 Å². The van der Waals surface area contributed by atoms with E-state index in [1.165, 1.54) is 12.1 Å². The number of H-pyrrole nitrogens is 1. The van der Waals surface area contributed by atoms with Crippen molar-refractivity contribution >= 4 is 39.2 Å². The Bertz CT molecular complexity index is 1620. The number of likely N-dealkylation sites (tertiary alicyclic amines) is 1. The number of hydrogen-bond acceptors (Lipinski definition) is 9. The van der Waals surface area contributed by atoms with Crippen molar-refractivity contribution in [3.05, 3.63) is 73.5 Å². The maximum absolute atomic E-state index is 14.9. The highest BCUT2D eigenvalue weighted by Crippen LogP contribution is 2.36. The second-order valence-corrected chi connectivity index (χ2v) is 14.5. The van der Waals surface area contributed by atoms with Crippen molar-refractivity contribution in [2.24, 2.45) is 0 Å². The van der Waals surface area contributed by atoms with Crippen LogP contribution in [0.1, 0.15) is 55.4 Å². The topological polar surface area (TPSA) is 118 Å². The Kier molecular flexibility index (Phi) is 9.98. The highest BCUT2D eigenvalue weighted by Gasteiger charge is 2.42. The lowest BCUT2D eigenvalue weighted by atomic mass is 9.88. The Hall–Kier alpha value is -2.74. The summed E-state index contributed by atoms with van der Waals surface area (Å²) in [5, 5.41) is 26.6. The maximum Gasteiger partial charge on any atom is 0.305 e. The molecule has 1 spiro atoms. The van der Waals surface area contributed by atoms with Gasteiger partial charge in [0.15, 0.2) is 0 Å². The predicted molar refractivity (Wildman–Crippen MR) is 176 cm³/mol. The summed E-state index contributed by atoms with van der Waals surface area (Å²) >= 11 is 2.74. The first-order valence-electron chi connectivity index (χ1n) is 15.7. The maximum atomic E-state index is 14.9. The number of nitrogens with one attached hydrogen (secondary N) is 2. The van der Waals surface area contributed by atoms with Crippen LogP contribution in [0, 0.1) is 5.82 Å². The number of phenolic OH excluding ortho intramolecular Hbond substituents is 1. The molecule has 6 rings (SSSR count). The van der Waals surface area contributed by atoms with Crippen LogP contribution in [0.25, 0.3) is 10.2 Å². The zero-order valence-corrected chi connectivity index (χ0v) is 27.2. The Morgan fingerprint density at radius 3 is 2.84 bits per heavy atom. The summed E-state index contributed by atoms with van der Waals surface area (Å²) < 4.78 is 21.7. The fraction of sp³-hybridized carbons (Fsp3) is 0.515. The zero-order chi connectivity index (χ0) is 31.6. The lowest BCUT2D eigenvalue weighted by Crippen LogP contribution is -2.58. The molecule has 2 atom stereocenters. The van der Waals surface area contributed by atoms with Gasteiger partial charge in [-0.05, 0) is 61.8 Å². The van der Waals surface area contributed by atoms with E-state index < -0.39 is 6.10 Å². The fourth-order valence-corrected chi connectivity index (χ4v) is 8.51. The Morgan fingerprint density at radius 1 is 1.24 bits per heavy atom. The third-order valence-electron chi connectivity index (χ3n) is 9.26. The fourth-order valence-electron chi connectivity index (χ4n) is 6.57. The first kappa shape index (κ1) is 32.2. The summed E-state index contributed by atoms with van der Waals surface area (Å²) in [4.78, 5) is 31.6. The van der Waals surface area contributed by atoms with Crippen LogP contribution in [0.15, 0.2) is 46.1 Å². The van der Waals surface area contributed by atoms with Gasteiger partial charge in [-0.15, -0.1) is 11.8 Å². The number of morpholine rings is 1. The summed E-state index contributed by atoms with van der Waals surface area (Å²) in [5.41, 5.74) is 3.19. The number of rotatable bonds is 10. The molecule has 0 bridgehead atoms. The molecule has 1 amide bonds. The molecular weight excluding hydrogens is 616 g/mol. The third kappa shape index (κ3) is 7.31. The van der Waals surface area contributed by atoms with Crippen molar-refractivity contribution in [1.82, 2.24) is 20.1 Å². The van der Waals surface area contributed by atoms with E-state index in [9.17, 15) is 24.2 Å². The average molecular weight is 657 g/mol. The molecular formula is C33H41FN4O5S2. The summed E-state index contributed by atoms with van der Waals surface area (Å²) in [5.74, 6) is -0.0861. The van der Waals surface area contributed by atoms with Crippen LogP contribution in [0.5, 0.6) is 5.75 Å². The first-order valence-corrected chi connectivity index (χ1v) is 17.5. The summed E-state index contributed by atoms with van der Waals surface area (Å²) in [6, 6.07) is 8.35. The van der Waals surface area contributed by atoms with E-state index in [1.807, 2.05) is 16.4 Å². The molecule has 12 heteroatoms. The molecule has 4 heterocycles. The molecule has 2 fully saturated rings. The first-order chi connectivity index (χ1) is 21.7. The van der Waals surface area contributed by atoms with E-state index in [1.54, 1.807) is 23.9 Å². The second kappa shape index (κ2) is 13.9. The van der Waals surface area contributed by atoms with Crippen LogP contribution in [0.2, 0.25) is 0 Å². The molecule has 3 aliphatic heterocycles. The number of aliphatic hydroxyl groups excluding tert-OH is 1. The van der Waals surface area contributed by atoms with Gasteiger partial charge in [0.1, 0.15) is 17.1 Å². The van der Waals surface area contributed by atoms with E-state index in [4.69, 9.17) is 4.74 Å². The van der Waals surface area contributed by atoms with Crippen molar-refractivity contribution in [2.45, 2.75) is 62.5 Å². The van der Waals surface area contributed by atoms with E-state index in [0.717, 1.165) is 61.2 Å². The Morgan fingerprint density at radius 2 is 2.07 bits per heavy atom. The van der Waals surface area contributed by atoms with Crippen LogP contribution in [-0.2, 0) is 22.5 Å². The van der Waals surface area contributed by atoms with Gasteiger partial charge in [0.25, 0.3) is 5.91 Å². The quantitative estimate of drug-likeness (QED) is 0.239. The smallest absolute Gasteiger partial charge is 0.305 e. The molecule has 3 aliphatic rings. The number of amides is 1. The van der Waals surface area contributed by atoms with Crippen LogP contribution in [0.3, 0.4) is 0 Å². The van der Waals surface area contributed by atoms with Gasteiger partial charge in [0.2, 0.25) is 0 Å². The number of fused-ring (bicyclic) bond motifs is 1. The minimum atomic E-state index is -0.851. The number of piperidine rings is 1. The summed E-state index contributed by atoms with van der Waals surface area (Å²) in [6.45, 7) is 6.90. The Balaban J connectivity index is 0.981. The van der Waals surface area contributed by atoms with Crippen LogP contribution in [-0.4, -0.2) is 87.6 Å². The van der Waals surface area contributed by atoms with E-state index in [0.29, 0.717) is 65.8 Å². The number of benzene rings is 2. The highest BCUT2D eigenvalue weighted by molar-refractivity contribution is 8.03. The van der Waals surface area contributed by atoms with Gasteiger partial charge < -0.3 is 30.2 Å². The Labute approximate surface area is 270 Å². The number of hydrogen-bond donors (Lipinski definition) is 4. The highest BCUT2D eigenvalue weighted by atomic mass is 32.2. The molecule has 3 aromatic rings. The molecule has 4 N–H and O–H groups in total. The van der Waals surface area contributed by atoms with Crippen LogP contribution in [0.4, 0.5) is 4.39 Å². The van der Waals surface area contributed by atoms with Crippen molar-refractivity contribution in [2.75, 3.05) is 45.9 Å².